The zero-order valence-corrected chi connectivity index (χ0v) is 12.1. The second kappa shape index (κ2) is 7.21. The molecule has 0 aliphatic heterocycles. The highest BCUT2D eigenvalue weighted by Gasteiger charge is 2.17. The third kappa shape index (κ3) is 3.82. The Kier molecular flexibility index (Phi) is 5.08. The SMILES string of the molecule is CCOC(=O)c1ccc([N+](=O)[O-])c(NCc2ccccc2)c1. The van der Waals surface area contributed by atoms with Crippen molar-refractivity contribution < 1.29 is 14.5 Å². The molecule has 2 aromatic carbocycles. The third-order valence-electron chi connectivity index (χ3n) is 3.03. The predicted octanol–water partition coefficient (Wildman–Crippen LogP) is 3.38. The van der Waals surface area contributed by atoms with E-state index in [1.807, 2.05) is 30.3 Å². The molecule has 0 saturated heterocycles. The number of anilines is 1. The highest BCUT2D eigenvalue weighted by atomic mass is 16.6. The number of nitro groups is 1. The first-order valence-corrected chi connectivity index (χ1v) is 6.85. The Morgan fingerprint density at radius 2 is 1.95 bits per heavy atom. The van der Waals surface area contributed by atoms with E-state index in [0.717, 1.165) is 5.56 Å². The molecular formula is C16H16N2O4. The largest absolute Gasteiger partial charge is 0.462 e. The van der Waals surface area contributed by atoms with E-state index >= 15 is 0 Å². The molecule has 22 heavy (non-hydrogen) atoms. The van der Waals surface area contributed by atoms with Crippen LogP contribution in [0.3, 0.4) is 0 Å². The summed E-state index contributed by atoms with van der Waals surface area (Å²) < 4.78 is 4.91. The van der Waals surface area contributed by atoms with Gasteiger partial charge in [-0.2, -0.15) is 0 Å². The molecule has 6 heteroatoms. The molecular weight excluding hydrogens is 284 g/mol. The number of nitrogens with zero attached hydrogens (tertiary/aromatic N) is 1. The molecule has 2 aromatic rings. The summed E-state index contributed by atoms with van der Waals surface area (Å²) in [5.74, 6) is -0.500. The van der Waals surface area contributed by atoms with E-state index in [1.165, 1.54) is 18.2 Å². The van der Waals surface area contributed by atoms with Gasteiger partial charge in [0.25, 0.3) is 5.69 Å². The summed E-state index contributed by atoms with van der Waals surface area (Å²) in [7, 11) is 0. The number of ether oxygens (including phenoxy) is 1. The molecule has 114 valence electrons. The summed E-state index contributed by atoms with van der Waals surface area (Å²) in [6.45, 7) is 2.38. The first-order valence-electron chi connectivity index (χ1n) is 6.85. The van der Waals surface area contributed by atoms with Crippen molar-refractivity contribution in [2.45, 2.75) is 13.5 Å². The fourth-order valence-corrected chi connectivity index (χ4v) is 1.97. The van der Waals surface area contributed by atoms with Crippen molar-refractivity contribution in [3.63, 3.8) is 0 Å². The van der Waals surface area contributed by atoms with Crippen LogP contribution in [-0.4, -0.2) is 17.5 Å². The van der Waals surface area contributed by atoms with Gasteiger partial charge >= 0.3 is 5.97 Å². The smallest absolute Gasteiger partial charge is 0.338 e. The van der Waals surface area contributed by atoms with Crippen molar-refractivity contribution in [3.05, 3.63) is 69.8 Å². The number of benzene rings is 2. The van der Waals surface area contributed by atoms with Gasteiger partial charge in [0.05, 0.1) is 17.1 Å². The number of hydrogen-bond acceptors (Lipinski definition) is 5. The molecule has 0 radical (unpaired) electrons. The lowest BCUT2D eigenvalue weighted by atomic mass is 10.1. The fourth-order valence-electron chi connectivity index (χ4n) is 1.97. The van der Waals surface area contributed by atoms with E-state index in [0.29, 0.717) is 12.2 Å². The molecule has 6 nitrogen and oxygen atoms in total. The van der Waals surface area contributed by atoms with Crippen molar-refractivity contribution >= 4 is 17.3 Å². The van der Waals surface area contributed by atoms with Gasteiger partial charge in [-0.3, -0.25) is 10.1 Å². The lowest BCUT2D eigenvalue weighted by molar-refractivity contribution is -0.384. The van der Waals surface area contributed by atoms with Crippen LogP contribution in [-0.2, 0) is 11.3 Å². The molecule has 1 N–H and O–H groups in total. The molecule has 0 unspecified atom stereocenters. The van der Waals surface area contributed by atoms with Gasteiger partial charge in [-0.1, -0.05) is 30.3 Å². The van der Waals surface area contributed by atoms with Crippen LogP contribution in [0.1, 0.15) is 22.8 Å². The van der Waals surface area contributed by atoms with Crippen LogP contribution in [0.4, 0.5) is 11.4 Å². The highest BCUT2D eigenvalue weighted by Crippen LogP contribution is 2.26. The maximum absolute atomic E-state index is 11.7. The van der Waals surface area contributed by atoms with E-state index in [9.17, 15) is 14.9 Å². The molecule has 2 rings (SSSR count). The molecule has 0 aromatic heterocycles. The monoisotopic (exact) mass is 300 g/mol. The van der Waals surface area contributed by atoms with Crippen LogP contribution in [0.15, 0.2) is 48.5 Å². The average Bonchev–Trinajstić information content (AvgIpc) is 2.53. The second-order valence-corrected chi connectivity index (χ2v) is 4.55. The molecule has 0 spiro atoms. The van der Waals surface area contributed by atoms with Gasteiger partial charge in [0.2, 0.25) is 0 Å². The van der Waals surface area contributed by atoms with Crippen molar-refractivity contribution in [2.24, 2.45) is 0 Å². The molecule has 0 amide bonds. The quantitative estimate of drug-likeness (QED) is 0.502. The topological polar surface area (TPSA) is 81.5 Å². The van der Waals surface area contributed by atoms with Crippen LogP contribution in [0.5, 0.6) is 0 Å². The Balaban J connectivity index is 2.24. The first-order chi connectivity index (χ1) is 10.6. The zero-order chi connectivity index (χ0) is 15.9. The van der Waals surface area contributed by atoms with Gasteiger partial charge in [0.15, 0.2) is 0 Å². The molecule has 0 fully saturated rings. The van der Waals surface area contributed by atoms with Gasteiger partial charge in [-0.05, 0) is 24.6 Å². The summed E-state index contributed by atoms with van der Waals surface area (Å²) in [6, 6.07) is 13.6. The van der Waals surface area contributed by atoms with Gasteiger partial charge < -0.3 is 10.1 Å². The lowest BCUT2D eigenvalue weighted by Gasteiger charge is -2.09. The Hall–Kier alpha value is -2.89. The minimum atomic E-state index is -0.500. The Bertz CT molecular complexity index is 671. The van der Waals surface area contributed by atoms with Gasteiger partial charge in [-0.25, -0.2) is 4.79 Å². The highest BCUT2D eigenvalue weighted by molar-refractivity contribution is 5.91. The van der Waals surface area contributed by atoms with E-state index in [1.54, 1.807) is 6.92 Å². The summed E-state index contributed by atoms with van der Waals surface area (Å²) in [6.07, 6.45) is 0. The normalized spacial score (nSPS) is 10.0. The number of rotatable bonds is 6. The minimum absolute atomic E-state index is 0.0796. The Morgan fingerprint density at radius 1 is 1.23 bits per heavy atom. The minimum Gasteiger partial charge on any atom is -0.462 e. The standard InChI is InChI=1S/C16H16N2O4/c1-2-22-16(19)13-8-9-15(18(20)21)14(10-13)17-11-12-6-4-3-5-7-12/h3-10,17H,2,11H2,1H3. The average molecular weight is 300 g/mol. The van der Waals surface area contributed by atoms with Crippen LogP contribution >= 0.6 is 0 Å². The number of esters is 1. The molecule has 0 aliphatic carbocycles. The van der Waals surface area contributed by atoms with Gasteiger partial charge in [-0.15, -0.1) is 0 Å². The number of nitrogens with one attached hydrogen (secondary N) is 1. The molecule has 0 saturated carbocycles. The Labute approximate surface area is 127 Å². The zero-order valence-electron chi connectivity index (χ0n) is 12.1. The van der Waals surface area contributed by atoms with Gasteiger partial charge in [0, 0.05) is 12.6 Å². The van der Waals surface area contributed by atoms with Gasteiger partial charge in [0.1, 0.15) is 5.69 Å². The summed E-state index contributed by atoms with van der Waals surface area (Å²) in [4.78, 5) is 22.3. The second-order valence-electron chi connectivity index (χ2n) is 4.55. The van der Waals surface area contributed by atoms with Crippen molar-refractivity contribution in [2.75, 3.05) is 11.9 Å². The maximum atomic E-state index is 11.7. The van der Waals surface area contributed by atoms with Crippen LogP contribution < -0.4 is 5.32 Å². The molecule has 0 heterocycles. The van der Waals surface area contributed by atoms with Crippen LogP contribution in [0.25, 0.3) is 0 Å². The number of carbonyl (C=O) groups excluding carboxylic acids is 1. The molecule has 0 aliphatic rings. The first kappa shape index (κ1) is 15.5. The fraction of sp³-hybridized carbons (Fsp3) is 0.188. The van der Waals surface area contributed by atoms with E-state index in [2.05, 4.69) is 5.32 Å². The lowest BCUT2D eigenvalue weighted by Crippen LogP contribution is -2.08. The Morgan fingerprint density at radius 3 is 2.59 bits per heavy atom. The summed E-state index contributed by atoms with van der Waals surface area (Å²) in [5, 5.41) is 14.1. The third-order valence-corrected chi connectivity index (χ3v) is 3.03. The maximum Gasteiger partial charge on any atom is 0.338 e. The number of hydrogen-bond donors (Lipinski definition) is 1. The van der Waals surface area contributed by atoms with Crippen LogP contribution in [0.2, 0.25) is 0 Å². The molecule has 0 atom stereocenters. The summed E-state index contributed by atoms with van der Waals surface area (Å²) in [5.41, 5.74) is 1.48. The van der Waals surface area contributed by atoms with Crippen molar-refractivity contribution in [1.29, 1.82) is 0 Å². The van der Waals surface area contributed by atoms with E-state index in [4.69, 9.17) is 4.74 Å². The predicted molar refractivity (Wildman–Crippen MR) is 82.8 cm³/mol. The van der Waals surface area contributed by atoms with E-state index < -0.39 is 10.9 Å². The molecule has 0 bridgehead atoms. The van der Waals surface area contributed by atoms with Crippen molar-refractivity contribution in [1.82, 2.24) is 0 Å². The van der Waals surface area contributed by atoms with Crippen LogP contribution in [0, 0.1) is 10.1 Å². The summed E-state index contributed by atoms with van der Waals surface area (Å²) >= 11 is 0. The van der Waals surface area contributed by atoms with E-state index in [-0.39, 0.29) is 17.9 Å². The number of carbonyl (C=O) groups is 1. The number of nitro benzene ring substituents is 1. The van der Waals surface area contributed by atoms with Crippen molar-refractivity contribution in [3.8, 4) is 0 Å².